The van der Waals surface area contributed by atoms with Crippen molar-refractivity contribution in [3.05, 3.63) is 78.5 Å². The fourth-order valence-corrected chi connectivity index (χ4v) is 4.15. The van der Waals surface area contributed by atoms with Crippen molar-refractivity contribution in [1.29, 1.82) is 5.26 Å². The Morgan fingerprint density at radius 3 is 2.49 bits per heavy atom. The Morgan fingerprint density at radius 1 is 1.11 bits per heavy atom. The first-order valence-corrected chi connectivity index (χ1v) is 12.1. The van der Waals surface area contributed by atoms with Crippen LogP contribution in [0.3, 0.4) is 0 Å². The summed E-state index contributed by atoms with van der Waals surface area (Å²) in [5, 5.41) is 15.4. The van der Waals surface area contributed by atoms with Gasteiger partial charge in [0.05, 0.1) is 19.7 Å². The quantitative estimate of drug-likeness (QED) is 0.405. The molecule has 1 unspecified atom stereocenters. The van der Waals surface area contributed by atoms with E-state index in [0.29, 0.717) is 30.9 Å². The molecule has 4 rings (SSSR count). The minimum absolute atomic E-state index is 0.0374. The maximum atomic E-state index is 12.5. The largest absolute Gasteiger partial charge is 0.468 e. The zero-order valence-corrected chi connectivity index (χ0v) is 20.6. The van der Waals surface area contributed by atoms with Crippen LogP contribution in [-0.2, 0) is 20.7 Å². The second kappa shape index (κ2) is 12.5. The number of amides is 1. The van der Waals surface area contributed by atoms with Crippen molar-refractivity contribution >= 4 is 23.4 Å². The predicted octanol–water partition coefficient (Wildman–Crippen LogP) is 3.81. The van der Waals surface area contributed by atoms with Crippen molar-refractivity contribution in [1.82, 2.24) is 15.2 Å². The van der Waals surface area contributed by atoms with Gasteiger partial charge in [-0.15, -0.1) is 0 Å². The van der Waals surface area contributed by atoms with Crippen molar-refractivity contribution in [2.45, 2.75) is 31.3 Å². The van der Waals surface area contributed by atoms with E-state index < -0.39 is 18.1 Å². The van der Waals surface area contributed by atoms with Crippen LogP contribution in [0.2, 0.25) is 0 Å². The first-order valence-electron chi connectivity index (χ1n) is 12.1. The van der Waals surface area contributed by atoms with E-state index in [1.54, 1.807) is 11.1 Å². The van der Waals surface area contributed by atoms with Gasteiger partial charge in [0.1, 0.15) is 29.4 Å². The van der Waals surface area contributed by atoms with Crippen molar-refractivity contribution in [2.24, 2.45) is 0 Å². The van der Waals surface area contributed by atoms with Crippen molar-refractivity contribution in [2.75, 3.05) is 25.5 Å². The number of anilines is 2. The molecule has 2 N–H and O–H groups in total. The van der Waals surface area contributed by atoms with Gasteiger partial charge in [-0.25, -0.2) is 4.98 Å². The Bertz CT molecular complexity index is 1230. The number of aromatic nitrogens is 1. The maximum absolute atomic E-state index is 12.5. The van der Waals surface area contributed by atoms with E-state index in [1.165, 1.54) is 7.11 Å². The predicted molar refractivity (Wildman–Crippen MR) is 138 cm³/mol. The molecule has 1 amide bonds. The van der Waals surface area contributed by atoms with E-state index >= 15 is 0 Å². The lowest BCUT2D eigenvalue weighted by Gasteiger charge is -2.22. The lowest BCUT2D eigenvalue weighted by Crippen LogP contribution is -2.47. The molecule has 190 valence electrons. The van der Waals surface area contributed by atoms with E-state index in [2.05, 4.69) is 21.7 Å². The first-order chi connectivity index (χ1) is 18.1. The SMILES string of the molecule is COC(=O)C(Cc1ccc(Oc2ccc(Nc3ccccn3)cc2)cc1)NCC(=O)N1CCC[C@H]1C#N. The minimum Gasteiger partial charge on any atom is -0.468 e. The van der Waals surface area contributed by atoms with Gasteiger partial charge in [-0.3, -0.25) is 14.9 Å². The highest BCUT2D eigenvalue weighted by atomic mass is 16.5. The summed E-state index contributed by atoms with van der Waals surface area (Å²) in [5.74, 6) is 1.46. The third-order valence-electron chi connectivity index (χ3n) is 6.10. The summed E-state index contributed by atoms with van der Waals surface area (Å²) in [4.78, 5) is 30.7. The number of hydrogen-bond acceptors (Lipinski definition) is 8. The van der Waals surface area contributed by atoms with E-state index in [4.69, 9.17) is 9.47 Å². The van der Waals surface area contributed by atoms with E-state index in [0.717, 1.165) is 23.5 Å². The van der Waals surface area contributed by atoms with E-state index in [1.807, 2.05) is 66.7 Å². The molecule has 2 aromatic carbocycles. The number of benzene rings is 2. The fourth-order valence-electron chi connectivity index (χ4n) is 4.15. The average Bonchev–Trinajstić information content (AvgIpc) is 3.42. The number of esters is 1. The highest BCUT2D eigenvalue weighted by Crippen LogP contribution is 2.25. The standard InChI is InChI=1S/C28H29N5O4/c1-36-28(35)25(31-19-27(34)33-16-4-5-22(33)18-29)17-20-7-11-23(12-8-20)37-24-13-9-21(10-14-24)32-26-6-2-3-15-30-26/h2-3,6-15,22,25,31H,4-5,16-17,19H2,1H3,(H,30,32)/t22-,25?/m0/s1. The molecule has 2 atom stereocenters. The summed E-state index contributed by atoms with van der Waals surface area (Å²) in [7, 11) is 1.32. The van der Waals surface area contributed by atoms with Crippen LogP contribution in [0.5, 0.6) is 11.5 Å². The van der Waals surface area contributed by atoms with Gasteiger partial charge in [0.2, 0.25) is 5.91 Å². The number of pyridine rings is 1. The van der Waals surface area contributed by atoms with Gasteiger partial charge in [-0.2, -0.15) is 5.26 Å². The number of nitrogens with zero attached hydrogens (tertiary/aromatic N) is 3. The van der Waals surface area contributed by atoms with Crippen LogP contribution in [-0.4, -0.2) is 54.0 Å². The van der Waals surface area contributed by atoms with Crippen molar-refractivity contribution in [3.63, 3.8) is 0 Å². The van der Waals surface area contributed by atoms with Crippen LogP contribution in [0.1, 0.15) is 18.4 Å². The Balaban J connectivity index is 1.31. The average molecular weight is 500 g/mol. The number of rotatable bonds is 10. The van der Waals surface area contributed by atoms with Crippen LogP contribution in [0.15, 0.2) is 72.9 Å². The molecule has 9 heteroatoms. The zero-order chi connectivity index (χ0) is 26.0. The minimum atomic E-state index is -0.692. The fraction of sp³-hybridized carbons (Fsp3) is 0.286. The Kier molecular flexibility index (Phi) is 8.68. The van der Waals surface area contributed by atoms with Gasteiger partial charge in [0.15, 0.2) is 0 Å². The third-order valence-corrected chi connectivity index (χ3v) is 6.10. The summed E-state index contributed by atoms with van der Waals surface area (Å²) >= 11 is 0. The maximum Gasteiger partial charge on any atom is 0.323 e. The molecule has 0 bridgehead atoms. The zero-order valence-electron chi connectivity index (χ0n) is 20.6. The third kappa shape index (κ3) is 7.06. The summed E-state index contributed by atoms with van der Waals surface area (Å²) in [5.41, 5.74) is 1.78. The molecular formula is C28H29N5O4. The number of nitriles is 1. The molecular weight excluding hydrogens is 470 g/mol. The number of likely N-dealkylation sites (tertiary alicyclic amines) is 1. The monoisotopic (exact) mass is 499 g/mol. The first kappa shape index (κ1) is 25.7. The molecule has 1 fully saturated rings. The highest BCUT2D eigenvalue weighted by molar-refractivity contribution is 5.81. The number of methoxy groups -OCH3 is 1. The Labute approximate surface area is 216 Å². The molecule has 1 saturated heterocycles. The summed E-state index contributed by atoms with van der Waals surface area (Å²) < 4.78 is 10.9. The van der Waals surface area contributed by atoms with Crippen LogP contribution in [0, 0.1) is 11.3 Å². The molecule has 1 aliphatic rings. The molecule has 0 spiro atoms. The molecule has 37 heavy (non-hydrogen) atoms. The number of carbonyl (C=O) groups excluding carboxylic acids is 2. The molecule has 0 aliphatic carbocycles. The number of carbonyl (C=O) groups is 2. The van der Waals surface area contributed by atoms with E-state index in [9.17, 15) is 14.9 Å². The van der Waals surface area contributed by atoms with Crippen molar-refractivity contribution in [3.8, 4) is 17.6 Å². The van der Waals surface area contributed by atoms with Gasteiger partial charge in [-0.05, 0) is 73.4 Å². The van der Waals surface area contributed by atoms with E-state index in [-0.39, 0.29) is 12.5 Å². The highest BCUT2D eigenvalue weighted by Gasteiger charge is 2.29. The van der Waals surface area contributed by atoms with Crippen LogP contribution in [0.4, 0.5) is 11.5 Å². The van der Waals surface area contributed by atoms with Gasteiger partial charge in [0, 0.05) is 18.4 Å². The molecule has 2 heterocycles. The Morgan fingerprint density at radius 2 is 1.84 bits per heavy atom. The molecule has 0 saturated carbocycles. The molecule has 0 radical (unpaired) electrons. The van der Waals surface area contributed by atoms with Crippen LogP contribution in [0.25, 0.3) is 0 Å². The molecule has 1 aromatic heterocycles. The van der Waals surface area contributed by atoms with Crippen LogP contribution >= 0.6 is 0 Å². The van der Waals surface area contributed by atoms with Crippen LogP contribution < -0.4 is 15.4 Å². The summed E-state index contributed by atoms with van der Waals surface area (Å²) in [6.45, 7) is 0.525. The Hall–Kier alpha value is -4.42. The van der Waals surface area contributed by atoms with Gasteiger partial charge in [-0.1, -0.05) is 18.2 Å². The molecule has 9 nitrogen and oxygen atoms in total. The topological polar surface area (TPSA) is 117 Å². The van der Waals surface area contributed by atoms with Gasteiger partial charge in [0.25, 0.3) is 0 Å². The second-order valence-corrected chi connectivity index (χ2v) is 8.65. The summed E-state index contributed by atoms with van der Waals surface area (Å²) in [6.07, 6.45) is 3.57. The normalized spacial score (nSPS) is 15.5. The number of hydrogen-bond donors (Lipinski definition) is 2. The van der Waals surface area contributed by atoms with Crippen molar-refractivity contribution < 1.29 is 19.1 Å². The lowest BCUT2D eigenvalue weighted by molar-refractivity contribution is -0.143. The smallest absolute Gasteiger partial charge is 0.323 e. The summed E-state index contributed by atoms with van der Waals surface area (Å²) in [6, 6.07) is 21.7. The lowest BCUT2D eigenvalue weighted by atomic mass is 10.1. The second-order valence-electron chi connectivity index (χ2n) is 8.65. The number of ether oxygens (including phenoxy) is 2. The molecule has 1 aliphatic heterocycles. The van der Waals surface area contributed by atoms with Gasteiger partial charge < -0.3 is 19.7 Å². The molecule has 3 aromatic rings. The van der Waals surface area contributed by atoms with Gasteiger partial charge >= 0.3 is 5.97 Å². The number of nitrogens with one attached hydrogen (secondary N) is 2.